The number of nitrogens with two attached hydrogens (primary N) is 1. The van der Waals surface area contributed by atoms with E-state index in [1.807, 2.05) is 48.9 Å². The maximum absolute atomic E-state index is 12.3. The number of carbonyl (C=O) groups excluding carboxylic acids is 1. The molecular weight excluding hydrogens is 292 g/mol. The van der Waals surface area contributed by atoms with Crippen molar-refractivity contribution in [1.29, 1.82) is 0 Å². The zero-order valence-electron chi connectivity index (χ0n) is 13.5. The van der Waals surface area contributed by atoms with E-state index in [4.69, 9.17) is 10.5 Å². The van der Waals surface area contributed by atoms with Gasteiger partial charge in [0.1, 0.15) is 6.10 Å². The highest BCUT2D eigenvalue weighted by molar-refractivity contribution is 5.94. The van der Waals surface area contributed by atoms with Crippen molar-refractivity contribution in [3.63, 3.8) is 0 Å². The summed E-state index contributed by atoms with van der Waals surface area (Å²) >= 11 is 0. The minimum atomic E-state index is -0.416. The number of ether oxygens (including phenoxy) is 1. The molecule has 3 N–H and O–H groups in total. The molecule has 0 saturated carbocycles. The third kappa shape index (κ3) is 3.43. The molecule has 122 valence electrons. The largest absolute Gasteiger partial charge is 0.364 e. The van der Waals surface area contributed by atoms with Gasteiger partial charge in [0.2, 0.25) is 0 Å². The van der Waals surface area contributed by atoms with Crippen LogP contribution in [0.15, 0.2) is 30.3 Å². The van der Waals surface area contributed by atoms with Gasteiger partial charge in [-0.1, -0.05) is 6.07 Å². The summed E-state index contributed by atoms with van der Waals surface area (Å²) in [5.74, 6) is -0.119. The van der Waals surface area contributed by atoms with Gasteiger partial charge in [-0.15, -0.1) is 0 Å². The fourth-order valence-corrected chi connectivity index (χ4v) is 2.90. The van der Waals surface area contributed by atoms with Gasteiger partial charge in [0, 0.05) is 17.9 Å². The molecule has 1 aromatic carbocycles. The zero-order chi connectivity index (χ0) is 16.4. The summed E-state index contributed by atoms with van der Waals surface area (Å²) in [5.41, 5.74) is 9.25. The summed E-state index contributed by atoms with van der Waals surface area (Å²) < 4.78 is 7.49. The second kappa shape index (κ2) is 6.52. The Morgan fingerprint density at radius 3 is 2.87 bits per heavy atom. The van der Waals surface area contributed by atoms with Crippen LogP contribution in [0.2, 0.25) is 0 Å². The van der Waals surface area contributed by atoms with Crippen LogP contribution < -0.4 is 11.1 Å². The van der Waals surface area contributed by atoms with Crippen LogP contribution in [0.25, 0.3) is 5.69 Å². The van der Waals surface area contributed by atoms with Crippen LogP contribution in [-0.4, -0.2) is 34.4 Å². The Labute approximate surface area is 135 Å². The summed E-state index contributed by atoms with van der Waals surface area (Å²) in [6.45, 7) is 4.42. The van der Waals surface area contributed by atoms with Crippen LogP contribution in [0.3, 0.4) is 0 Å². The molecule has 1 aromatic heterocycles. The van der Waals surface area contributed by atoms with Crippen molar-refractivity contribution in [1.82, 2.24) is 9.78 Å². The highest BCUT2D eigenvalue weighted by Crippen LogP contribution is 2.22. The zero-order valence-corrected chi connectivity index (χ0v) is 13.5. The third-order valence-electron chi connectivity index (χ3n) is 4.03. The van der Waals surface area contributed by atoms with Gasteiger partial charge in [0.15, 0.2) is 0 Å². The van der Waals surface area contributed by atoms with Gasteiger partial charge >= 0.3 is 0 Å². The lowest BCUT2D eigenvalue weighted by Gasteiger charge is -2.13. The molecule has 1 fully saturated rings. The monoisotopic (exact) mass is 314 g/mol. The molecule has 6 heteroatoms. The number of carbonyl (C=O) groups is 1. The Hall–Kier alpha value is -2.18. The molecule has 23 heavy (non-hydrogen) atoms. The predicted octanol–water partition coefficient (Wildman–Crippen LogP) is 1.93. The van der Waals surface area contributed by atoms with Crippen LogP contribution >= 0.6 is 0 Å². The van der Waals surface area contributed by atoms with Crippen LogP contribution in [0.4, 0.5) is 5.69 Å². The van der Waals surface area contributed by atoms with Gasteiger partial charge in [0.05, 0.1) is 17.5 Å². The van der Waals surface area contributed by atoms with Gasteiger partial charge < -0.3 is 15.8 Å². The minimum Gasteiger partial charge on any atom is -0.364 e. The molecular formula is C17H22N4O2. The number of nitrogens with zero attached hydrogens (tertiary/aromatic N) is 2. The van der Waals surface area contributed by atoms with Gasteiger partial charge in [-0.05, 0) is 51.0 Å². The fraction of sp³-hybridized carbons (Fsp3) is 0.412. The van der Waals surface area contributed by atoms with Crippen LogP contribution in [0.5, 0.6) is 0 Å². The first-order chi connectivity index (χ1) is 11.1. The topological polar surface area (TPSA) is 82.2 Å². The van der Waals surface area contributed by atoms with E-state index in [-0.39, 0.29) is 12.0 Å². The number of anilines is 1. The number of aryl methyl sites for hydroxylation is 2. The Morgan fingerprint density at radius 1 is 1.39 bits per heavy atom. The molecule has 0 aliphatic carbocycles. The van der Waals surface area contributed by atoms with E-state index in [9.17, 15) is 4.79 Å². The second-order valence-electron chi connectivity index (χ2n) is 5.94. The fourth-order valence-electron chi connectivity index (χ4n) is 2.90. The van der Waals surface area contributed by atoms with Crippen molar-refractivity contribution >= 4 is 11.6 Å². The summed E-state index contributed by atoms with van der Waals surface area (Å²) in [5, 5.41) is 7.38. The molecule has 2 aromatic rings. The summed E-state index contributed by atoms with van der Waals surface area (Å²) in [6.07, 6.45) is 1.12. The smallest absolute Gasteiger partial charge is 0.253 e. The van der Waals surface area contributed by atoms with Crippen LogP contribution in [0.1, 0.15) is 24.2 Å². The van der Waals surface area contributed by atoms with E-state index in [2.05, 4.69) is 10.4 Å². The standard InChI is InChI=1S/C17H22N4O2/c1-11-8-12(2)21(20-11)14-5-3-4-13(9-14)19-17(22)16-7-6-15(10-18)23-16/h3-5,8-9,15-16H,6-7,10,18H2,1-2H3,(H,19,22)/t15-,16+/m1/s1. The van der Waals surface area contributed by atoms with E-state index in [0.717, 1.165) is 29.2 Å². The van der Waals surface area contributed by atoms with E-state index >= 15 is 0 Å². The highest BCUT2D eigenvalue weighted by Gasteiger charge is 2.29. The summed E-state index contributed by atoms with van der Waals surface area (Å²) in [7, 11) is 0. The first-order valence-electron chi connectivity index (χ1n) is 7.87. The minimum absolute atomic E-state index is 0.00761. The van der Waals surface area contributed by atoms with Crippen molar-refractivity contribution in [2.24, 2.45) is 5.73 Å². The molecule has 1 amide bonds. The molecule has 0 unspecified atom stereocenters. The Balaban J connectivity index is 1.73. The number of hydrogen-bond acceptors (Lipinski definition) is 4. The highest BCUT2D eigenvalue weighted by atomic mass is 16.5. The Bertz CT molecular complexity index is 710. The lowest BCUT2D eigenvalue weighted by molar-refractivity contribution is -0.126. The molecule has 1 aliphatic rings. The molecule has 2 atom stereocenters. The van der Waals surface area contributed by atoms with Gasteiger partial charge in [-0.25, -0.2) is 4.68 Å². The molecule has 2 heterocycles. The molecule has 1 saturated heterocycles. The first-order valence-corrected chi connectivity index (χ1v) is 7.87. The van der Waals surface area contributed by atoms with Crippen molar-refractivity contribution in [3.05, 3.63) is 41.7 Å². The van der Waals surface area contributed by atoms with Crippen LogP contribution in [-0.2, 0) is 9.53 Å². The predicted molar refractivity (Wildman–Crippen MR) is 88.6 cm³/mol. The molecule has 1 aliphatic heterocycles. The van der Waals surface area contributed by atoms with Crippen LogP contribution in [0, 0.1) is 13.8 Å². The quantitative estimate of drug-likeness (QED) is 0.903. The number of benzene rings is 1. The van der Waals surface area contributed by atoms with E-state index in [1.54, 1.807) is 0 Å². The van der Waals surface area contributed by atoms with Crippen molar-refractivity contribution in [3.8, 4) is 5.69 Å². The summed E-state index contributed by atoms with van der Waals surface area (Å²) in [4.78, 5) is 12.3. The molecule has 6 nitrogen and oxygen atoms in total. The van der Waals surface area contributed by atoms with E-state index in [0.29, 0.717) is 13.0 Å². The van der Waals surface area contributed by atoms with Gasteiger partial charge in [0.25, 0.3) is 5.91 Å². The maximum atomic E-state index is 12.3. The van der Waals surface area contributed by atoms with Crippen molar-refractivity contribution in [2.75, 3.05) is 11.9 Å². The number of aromatic nitrogens is 2. The SMILES string of the molecule is Cc1cc(C)n(-c2cccc(NC(=O)[C@@H]3CC[C@H](CN)O3)c2)n1. The van der Waals surface area contributed by atoms with Gasteiger partial charge in [-0.3, -0.25) is 4.79 Å². The van der Waals surface area contributed by atoms with E-state index in [1.165, 1.54) is 0 Å². The lowest BCUT2D eigenvalue weighted by Crippen LogP contribution is -2.29. The average molecular weight is 314 g/mol. The third-order valence-corrected chi connectivity index (χ3v) is 4.03. The average Bonchev–Trinajstić information content (AvgIpc) is 3.14. The normalized spacial score (nSPS) is 20.7. The molecule has 0 radical (unpaired) electrons. The maximum Gasteiger partial charge on any atom is 0.253 e. The van der Waals surface area contributed by atoms with Crippen molar-refractivity contribution < 1.29 is 9.53 Å². The number of nitrogens with one attached hydrogen (secondary N) is 1. The first kappa shape index (κ1) is 15.7. The molecule has 3 rings (SSSR count). The van der Waals surface area contributed by atoms with E-state index < -0.39 is 6.10 Å². The van der Waals surface area contributed by atoms with Crippen molar-refractivity contribution in [2.45, 2.75) is 38.9 Å². The Kier molecular flexibility index (Phi) is 4.45. The second-order valence-corrected chi connectivity index (χ2v) is 5.94. The molecule has 0 bridgehead atoms. The lowest BCUT2D eigenvalue weighted by atomic mass is 10.2. The number of rotatable bonds is 4. The Morgan fingerprint density at radius 2 is 2.22 bits per heavy atom. The summed E-state index contributed by atoms with van der Waals surface area (Å²) in [6, 6.07) is 9.66. The van der Waals surface area contributed by atoms with Gasteiger partial charge in [-0.2, -0.15) is 5.10 Å². The molecule has 0 spiro atoms. The number of amides is 1. The number of hydrogen-bond donors (Lipinski definition) is 2.